The molecule has 1 aliphatic heterocycles. The second kappa shape index (κ2) is 4.59. The zero-order valence-electron chi connectivity index (χ0n) is 8.22. The molecule has 1 saturated heterocycles. The first-order chi connectivity index (χ1) is 6.77. The van der Waals surface area contributed by atoms with E-state index in [-0.39, 0.29) is 0 Å². The van der Waals surface area contributed by atoms with Crippen molar-refractivity contribution in [2.75, 3.05) is 19.8 Å². The van der Waals surface area contributed by atoms with E-state index in [1.807, 2.05) is 0 Å². The topological polar surface area (TPSA) is 21.3 Å². The molecule has 0 radical (unpaired) electrons. The lowest BCUT2D eigenvalue weighted by Gasteiger charge is -2.24. The van der Waals surface area contributed by atoms with Crippen LogP contribution >= 0.6 is 22.6 Å². The van der Waals surface area contributed by atoms with Crippen LogP contribution in [0.25, 0.3) is 0 Å². The lowest BCUT2D eigenvalue weighted by atomic mass is 10.0. The molecule has 1 fully saturated rings. The van der Waals surface area contributed by atoms with Crippen LogP contribution in [0, 0.1) is 10.5 Å². The molecule has 0 bridgehead atoms. The summed E-state index contributed by atoms with van der Waals surface area (Å²) in [6.07, 6.45) is 0. The first-order valence-electron chi connectivity index (χ1n) is 4.84. The van der Waals surface area contributed by atoms with Gasteiger partial charge in [-0.25, -0.2) is 0 Å². The summed E-state index contributed by atoms with van der Waals surface area (Å²) in [5.41, 5.74) is 2.68. The van der Waals surface area contributed by atoms with Crippen LogP contribution in [-0.2, 0) is 4.74 Å². The largest absolute Gasteiger partial charge is 0.378 e. The molecule has 1 atom stereocenters. The van der Waals surface area contributed by atoms with Gasteiger partial charge in [0.15, 0.2) is 0 Å². The summed E-state index contributed by atoms with van der Waals surface area (Å²) in [4.78, 5) is 0. The third kappa shape index (κ3) is 2.27. The van der Waals surface area contributed by atoms with Crippen LogP contribution in [0.1, 0.15) is 17.2 Å². The number of morpholine rings is 1. The normalized spacial score (nSPS) is 22.3. The van der Waals surface area contributed by atoms with Gasteiger partial charge >= 0.3 is 0 Å². The molecular weight excluding hydrogens is 289 g/mol. The summed E-state index contributed by atoms with van der Waals surface area (Å²) in [6.45, 7) is 4.73. The molecule has 76 valence electrons. The van der Waals surface area contributed by atoms with E-state index in [1.54, 1.807) is 0 Å². The third-order valence-electron chi connectivity index (χ3n) is 2.51. The van der Waals surface area contributed by atoms with Crippen LogP contribution in [0.15, 0.2) is 18.2 Å². The van der Waals surface area contributed by atoms with Crippen LogP contribution in [0.5, 0.6) is 0 Å². The Hall–Kier alpha value is -0.130. The molecule has 0 unspecified atom stereocenters. The van der Waals surface area contributed by atoms with Crippen molar-refractivity contribution in [1.29, 1.82) is 0 Å². The lowest BCUT2D eigenvalue weighted by Crippen LogP contribution is -2.34. The molecule has 0 spiro atoms. The van der Waals surface area contributed by atoms with Gasteiger partial charge in [-0.1, -0.05) is 12.1 Å². The Morgan fingerprint density at radius 3 is 3.00 bits per heavy atom. The molecular formula is C11H14INO. The summed E-state index contributed by atoms with van der Waals surface area (Å²) in [7, 11) is 0. The van der Waals surface area contributed by atoms with Gasteiger partial charge in [0.1, 0.15) is 0 Å². The molecule has 0 amide bonds. The first kappa shape index (κ1) is 10.4. The number of ether oxygens (including phenoxy) is 1. The Kier molecular flexibility index (Phi) is 3.41. The van der Waals surface area contributed by atoms with Crippen molar-refractivity contribution in [3.63, 3.8) is 0 Å². The quantitative estimate of drug-likeness (QED) is 0.804. The van der Waals surface area contributed by atoms with Gasteiger partial charge in [0.05, 0.1) is 19.3 Å². The van der Waals surface area contributed by atoms with E-state index in [9.17, 15) is 0 Å². The highest BCUT2D eigenvalue weighted by Crippen LogP contribution is 2.20. The average Bonchev–Trinajstić information content (AvgIpc) is 2.23. The zero-order valence-corrected chi connectivity index (χ0v) is 10.4. The minimum atomic E-state index is 0.374. The highest BCUT2D eigenvalue weighted by atomic mass is 127. The van der Waals surface area contributed by atoms with E-state index in [2.05, 4.69) is 53.0 Å². The molecule has 14 heavy (non-hydrogen) atoms. The van der Waals surface area contributed by atoms with E-state index < -0.39 is 0 Å². The molecule has 3 heteroatoms. The number of aryl methyl sites for hydroxylation is 1. The molecule has 0 saturated carbocycles. The first-order valence-corrected chi connectivity index (χ1v) is 5.92. The molecule has 1 aromatic rings. The highest BCUT2D eigenvalue weighted by Gasteiger charge is 2.15. The summed E-state index contributed by atoms with van der Waals surface area (Å²) in [6, 6.07) is 6.97. The Balaban J connectivity index is 2.18. The van der Waals surface area contributed by atoms with Gasteiger partial charge in [0, 0.05) is 10.1 Å². The van der Waals surface area contributed by atoms with Crippen LogP contribution in [0.2, 0.25) is 0 Å². The summed E-state index contributed by atoms with van der Waals surface area (Å²) in [5, 5.41) is 3.45. The van der Waals surface area contributed by atoms with Crippen molar-refractivity contribution in [3.8, 4) is 0 Å². The van der Waals surface area contributed by atoms with Crippen molar-refractivity contribution >= 4 is 22.6 Å². The van der Waals surface area contributed by atoms with Crippen LogP contribution in [0.4, 0.5) is 0 Å². The van der Waals surface area contributed by atoms with Gasteiger partial charge in [-0.2, -0.15) is 0 Å². The Labute approximate surface area is 98.2 Å². The number of rotatable bonds is 1. The van der Waals surface area contributed by atoms with E-state index in [4.69, 9.17) is 4.74 Å². The van der Waals surface area contributed by atoms with Gasteiger partial charge in [-0.3, -0.25) is 0 Å². The predicted molar refractivity (Wildman–Crippen MR) is 65.5 cm³/mol. The Morgan fingerprint density at radius 2 is 2.36 bits per heavy atom. The maximum absolute atomic E-state index is 5.44. The molecule has 1 N–H and O–H groups in total. The molecule has 1 aliphatic rings. The zero-order chi connectivity index (χ0) is 9.97. The summed E-state index contributed by atoms with van der Waals surface area (Å²) in [5.74, 6) is 0. The standard InChI is InChI=1S/C11H14INO/c1-8-6-9(2-3-10(8)12)11-7-14-5-4-13-11/h2-3,6,11,13H,4-5,7H2,1H3/t11-/m1/s1. The number of benzene rings is 1. The number of hydrogen-bond acceptors (Lipinski definition) is 2. The lowest BCUT2D eigenvalue weighted by molar-refractivity contribution is 0.0768. The minimum absolute atomic E-state index is 0.374. The summed E-state index contributed by atoms with van der Waals surface area (Å²) >= 11 is 2.36. The fourth-order valence-electron chi connectivity index (χ4n) is 1.66. The van der Waals surface area contributed by atoms with Crippen LogP contribution < -0.4 is 5.32 Å². The van der Waals surface area contributed by atoms with Crippen LogP contribution in [0.3, 0.4) is 0 Å². The second-order valence-electron chi connectivity index (χ2n) is 3.59. The molecule has 1 heterocycles. The van der Waals surface area contributed by atoms with Gasteiger partial charge < -0.3 is 10.1 Å². The van der Waals surface area contributed by atoms with E-state index in [1.165, 1.54) is 14.7 Å². The minimum Gasteiger partial charge on any atom is -0.378 e. The van der Waals surface area contributed by atoms with Gasteiger partial charge in [0.2, 0.25) is 0 Å². The third-order valence-corrected chi connectivity index (χ3v) is 3.72. The van der Waals surface area contributed by atoms with Crippen molar-refractivity contribution < 1.29 is 4.74 Å². The van der Waals surface area contributed by atoms with Crippen molar-refractivity contribution in [3.05, 3.63) is 32.9 Å². The maximum atomic E-state index is 5.44. The van der Waals surface area contributed by atoms with Crippen molar-refractivity contribution in [1.82, 2.24) is 5.32 Å². The van der Waals surface area contributed by atoms with E-state index in [0.717, 1.165) is 19.8 Å². The number of nitrogens with one attached hydrogen (secondary N) is 1. The van der Waals surface area contributed by atoms with Crippen molar-refractivity contribution in [2.24, 2.45) is 0 Å². The summed E-state index contributed by atoms with van der Waals surface area (Å²) < 4.78 is 6.76. The van der Waals surface area contributed by atoms with Gasteiger partial charge in [-0.05, 0) is 46.7 Å². The SMILES string of the molecule is Cc1cc([C@H]2COCCN2)ccc1I. The van der Waals surface area contributed by atoms with Gasteiger partial charge in [-0.15, -0.1) is 0 Å². The highest BCUT2D eigenvalue weighted by molar-refractivity contribution is 14.1. The Bertz CT molecular complexity index is 321. The average molecular weight is 303 g/mol. The monoisotopic (exact) mass is 303 g/mol. The molecule has 0 aliphatic carbocycles. The maximum Gasteiger partial charge on any atom is 0.0662 e. The van der Waals surface area contributed by atoms with Crippen molar-refractivity contribution in [2.45, 2.75) is 13.0 Å². The predicted octanol–water partition coefficient (Wildman–Crippen LogP) is 2.26. The number of halogens is 1. The van der Waals surface area contributed by atoms with Gasteiger partial charge in [0.25, 0.3) is 0 Å². The van der Waals surface area contributed by atoms with E-state index in [0.29, 0.717) is 6.04 Å². The number of hydrogen-bond donors (Lipinski definition) is 1. The van der Waals surface area contributed by atoms with Crippen LogP contribution in [-0.4, -0.2) is 19.8 Å². The molecule has 2 rings (SSSR count). The Morgan fingerprint density at radius 1 is 1.50 bits per heavy atom. The fraction of sp³-hybridized carbons (Fsp3) is 0.455. The smallest absolute Gasteiger partial charge is 0.0662 e. The van der Waals surface area contributed by atoms with E-state index >= 15 is 0 Å². The molecule has 2 nitrogen and oxygen atoms in total. The molecule has 0 aromatic heterocycles. The molecule has 1 aromatic carbocycles. The fourth-order valence-corrected chi connectivity index (χ4v) is 2.00. The second-order valence-corrected chi connectivity index (χ2v) is 4.75.